The Morgan fingerprint density at radius 1 is 1.19 bits per heavy atom. The number of anilines is 1. The molecule has 3 heterocycles. The second kappa shape index (κ2) is 9.32. The monoisotopic (exact) mass is 442 g/mol. The van der Waals surface area contributed by atoms with E-state index in [4.69, 9.17) is 16.3 Å². The van der Waals surface area contributed by atoms with Gasteiger partial charge in [0, 0.05) is 55.8 Å². The predicted octanol–water partition coefficient (Wildman–Crippen LogP) is 1.73. The number of hydrogen-bond acceptors (Lipinski definition) is 7. The molecule has 1 saturated heterocycles. The lowest BCUT2D eigenvalue weighted by Gasteiger charge is -2.37. The smallest absolute Gasteiger partial charge is 0.338 e. The van der Waals surface area contributed by atoms with Crippen molar-refractivity contribution in [2.75, 3.05) is 44.7 Å². The zero-order chi connectivity index (χ0) is 21.8. The Kier molecular flexibility index (Phi) is 6.34. The van der Waals surface area contributed by atoms with Gasteiger partial charge in [-0.15, -0.1) is 0 Å². The Balaban J connectivity index is 1.55. The molecule has 2 aliphatic heterocycles. The average Bonchev–Trinajstić information content (AvgIpc) is 2.79. The minimum absolute atomic E-state index is 0.371. The van der Waals surface area contributed by atoms with Crippen LogP contribution in [-0.4, -0.2) is 66.7 Å². The van der Waals surface area contributed by atoms with Crippen molar-refractivity contribution in [3.05, 3.63) is 64.6 Å². The van der Waals surface area contributed by atoms with E-state index < -0.39 is 12.0 Å². The van der Waals surface area contributed by atoms with E-state index in [1.54, 1.807) is 36.7 Å². The third-order valence-corrected chi connectivity index (χ3v) is 5.57. The van der Waals surface area contributed by atoms with Crippen molar-refractivity contribution in [1.29, 1.82) is 0 Å². The van der Waals surface area contributed by atoms with Crippen molar-refractivity contribution >= 4 is 29.5 Å². The van der Waals surface area contributed by atoms with E-state index in [0.717, 1.165) is 26.2 Å². The molecular weight excluding hydrogens is 420 g/mol. The van der Waals surface area contributed by atoms with Gasteiger partial charge in [-0.05, 0) is 23.8 Å². The van der Waals surface area contributed by atoms with Gasteiger partial charge in [0.25, 0.3) is 0 Å². The number of esters is 1. The van der Waals surface area contributed by atoms with Crippen LogP contribution in [-0.2, 0) is 9.53 Å². The van der Waals surface area contributed by atoms with Crippen molar-refractivity contribution in [3.8, 4) is 0 Å². The molecule has 31 heavy (non-hydrogen) atoms. The van der Waals surface area contributed by atoms with Crippen LogP contribution in [0.4, 0.5) is 10.7 Å². The molecule has 2 N–H and O–H groups in total. The number of amides is 2. The van der Waals surface area contributed by atoms with Crippen LogP contribution in [0.25, 0.3) is 0 Å². The Bertz CT molecular complexity index is 992. The Labute approximate surface area is 185 Å². The minimum Gasteiger partial charge on any atom is -0.466 e. The fraction of sp³-hybridized carbons (Fsp3) is 0.333. The molecule has 0 bridgehead atoms. The first-order valence-corrected chi connectivity index (χ1v) is 10.3. The summed E-state index contributed by atoms with van der Waals surface area (Å²) in [6.45, 7) is 3.38. The average molecular weight is 443 g/mol. The number of piperazine rings is 1. The number of hydrogen-bond donors (Lipinski definition) is 2. The third kappa shape index (κ3) is 4.78. The summed E-state index contributed by atoms with van der Waals surface area (Å²) in [6.07, 6.45) is 3.45. The number of urea groups is 1. The van der Waals surface area contributed by atoms with Crippen LogP contribution in [0.1, 0.15) is 11.6 Å². The summed E-state index contributed by atoms with van der Waals surface area (Å²) in [5, 5.41) is 6.14. The molecule has 0 saturated carbocycles. The first-order chi connectivity index (χ1) is 15.0. The van der Waals surface area contributed by atoms with Gasteiger partial charge < -0.3 is 20.3 Å². The lowest BCUT2D eigenvalue weighted by molar-refractivity contribution is -0.136. The molecule has 0 aliphatic carbocycles. The van der Waals surface area contributed by atoms with Crippen LogP contribution in [0.2, 0.25) is 5.02 Å². The van der Waals surface area contributed by atoms with E-state index in [0.29, 0.717) is 34.3 Å². The lowest BCUT2D eigenvalue weighted by Crippen LogP contribution is -2.52. The van der Waals surface area contributed by atoms with Crippen LogP contribution in [0.5, 0.6) is 0 Å². The van der Waals surface area contributed by atoms with Gasteiger partial charge in [-0.3, -0.25) is 4.90 Å². The lowest BCUT2D eigenvalue weighted by atomic mass is 9.95. The van der Waals surface area contributed by atoms with Gasteiger partial charge in [0.15, 0.2) is 0 Å². The molecular formula is C21H23ClN6O3. The molecule has 0 spiro atoms. The molecule has 1 aromatic heterocycles. The van der Waals surface area contributed by atoms with Crippen molar-refractivity contribution in [2.45, 2.75) is 6.04 Å². The maximum absolute atomic E-state index is 12.7. The van der Waals surface area contributed by atoms with Gasteiger partial charge in [-0.2, -0.15) is 0 Å². The van der Waals surface area contributed by atoms with E-state index in [1.165, 1.54) is 7.11 Å². The van der Waals surface area contributed by atoms with Crippen molar-refractivity contribution in [2.24, 2.45) is 0 Å². The van der Waals surface area contributed by atoms with E-state index in [-0.39, 0.29) is 6.03 Å². The Hall–Kier alpha value is -3.17. The number of benzene rings is 1. The summed E-state index contributed by atoms with van der Waals surface area (Å²) >= 11 is 6.13. The number of nitrogens with one attached hydrogen (secondary N) is 2. The molecule has 1 atom stereocenters. The molecule has 2 aromatic rings. The predicted molar refractivity (Wildman–Crippen MR) is 116 cm³/mol. The van der Waals surface area contributed by atoms with E-state index >= 15 is 0 Å². The highest BCUT2D eigenvalue weighted by atomic mass is 35.5. The molecule has 2 amide bonds. The second-order valence-electron chi connectivity index (χ2n) is 7.28. The quantitative estimate of drug-likeness (QED) is 0.680. The van der Waals surface area contributed by atoms with Gasteiger partial charge >= 0.3 is 12.0 Å². The van der Waals surface area contributed by atoms with Gasteiger partial charge in [-0.1, -0.05) is 23.7 Å². The molecule has 1 fully saturated rings. The number of nitrogens with zero attached hydrogens (tertiary/aromatic N) is 4. The van der Waals surface area contributed by atoms with Crippen LogP contribution >= 0.6 is 11.6 Å². The summed E-state index contributed by atoms with van der Waals surface area (Å²) in [5.74, 6) is 0.205. The maximum atomic E-state index is 12.7. The summed E-state index contributed by atoms with van der Waals surface area (Å²) in [7, 11) is 1.33. The fourth-order valence-corrected chi connectivity index (χ4v) is 4.01. The van der Waals surface area contributed by atoms with Gasteiger partial charge in [0.2, 0.25) is 5.95 Å². The molecule has 1 unspecified atom stereocenters. The summed E-state index contributed by atoms with van der Waals surface area (Å²) in [4.78, 5) is 38.0. The zero-order valence-electron chi connectivity index (χ0n) is 17.0. The molecule has 4 rings (SSSR count). The largest absolute Gasteiger partial charge is 0.466 e. The number of methoxy groups -OCH3 is 1. The zero-order valence-corrected chi connectivity index (χ0v) is 17.8. The summed E-state index contributed by atoms with van der Waals surface area (Å²) in [6, 6.07) is 7.85. The number of ether oxygens (including phenoxy) is 1. The SMILES string of the molecule is COC(=O)C1=C(CN2CCN(c3ncccn3)CC2)NC(=O)NC1c1cccc(Cl)c1. The second-order valence-corrected chi connectivity index (χ2v) is 7.72. The van der Waals surface area contributed by atoms with E-state index in [2.05, 4.69) is 30.4 Å². The van der Waals surface area contributed by atoms with Crippen molar-refractivity contribution in [1.82, 2.24) is 25.5 Å². The number of carbonyl (C=O) groups is 2. The number of rotatable bonds is 5. The van der Waals surface area contributed by atoms with Crippen molar-refractivity contribution in [3.63, 3.8) is 0 Å². The molecule has 162 valence electrons. The van der Waals surface area contributed by atoms with Crippen molar-refractivity contribution < 1.29 is 14.3 Å². The molecule has 1 aromatic carbocycles. The fourth-order valence-electron chi connectivity index (χ4n) is 3.81. The van der Waals surface area contributed by atoms with Crippen LogP contribution < -0.4 is 15.5 Å². The van der Waals surface area contributed by atoms with Crippen LogP contribution in [0.3, 0.4) is 0 Å². The normalized spacial score (nSPS) is 19.6. The minimum atomic E-state index is -0.645. The number of aromatic nitrogens is 2. The van der Waals surface area contributed by atoms with E-state index in [9.17, 15) is 9.59 Å². The maximum Gasteiger partial charge on any atom is 0.338 e. The number of carbonyl (C=O) groups excluding carboxylic acids is 2. The standard InChI is InChI=1S/C21H23ClN6O3/c1-31-19(29)17-16(25-21(30)26-18(17)14-4-2-5-15(22)12-14)13-27-8-10-28(11-9-27)20-23-6-3-7-24-20/h2-7,12,18H,8-11,13H2,1H3,(H2,25,26,30). The first-order valence-electron chi connectivity index (χ1n) is 9.94. The van der Waals surface area contributed by atoms with Gasteiger partial charge in [-0.25, -0.2) is 19.6 Å². The molecule has 9 nitrogen and oxygen atoms in total. The highest BCUT2D eigenvalue weighted by Gasteiger charge is 2.34. The first kappa shape index (κ1) is 21.1. The van der Waals surface area contributed by atoms with Crippen LogP contribution in [0, 0.1) is 0 Å². The molecule has 10 heteroatoms. The van der Waals surface area contributed by atoms with Gasteiger partial charge in [0.05, 0.1) is 18.7 Å². The van der Waals surface area contributed by atoms with Gasteiger partial charge in [0.1, 0.15) is 0 Å². The molecule has 0 radical (unpaired) electrons. The number of halogens is 1. The van der Waals surface area contributed by atoms with E-state index in [1.807, 2.05) is 6.07 Å². The Morgan fingerprint density at radius 3 is 2.61 bits per heavy atom. The highest BCUT2D eigenvalue weighted by Crippen LogP contribution is 2.29. The topological polar surface area (TPSA) is 99.7 Å². The molecule has 2 aliphatic rings. The summed E-state index contributed by atoms with van der Waals surface area (Å²) in [5.41, 5.74) is 1.62. The Morgan fingerprint density at radius 2 is 1.94 bits per heavy atom. The summed E-state index contributed by atoms with van der Waals surface area (Å²) < 4.78 is 5.04. The van der Waals surface area contributed by atoms with Crippen LogP contribution in [0.15, 0.2) is 54.0 Å². The highest BCUT2D eigenvalue weighted by molar-refractivity contribution is 6.30. The third-order valence-electron chi connectivity index (χ3n) is 5.33.